The summed E-state index contributed by atoms with van der Waals surface area (Å²) in [4.78, 5) is 14.2. The standard InChI is InChI=1S/C8H11Br2NO/c1-11-7-3-6(10)5(9)2-4(7)8(11)12/h4-7H,2-3H2,1H3. The van der Waals surface area contributed by atoms with Crippen molar-refractivity contribution in [1.29, 1.82) is 0 Å². The Morgan fingerprint density at radius 2 is 1.92 bits per heavy atom. The highest BCUT2D eigenvalue weighted by atomic mass is 79.9. The van der Waals surface area contributed by atoms with E-state index in [1.807, 2.05) is 11.9 Å². The van der Waals surface area contributed by atoms with Crippen molar-refractivity contribution in [2.45, 2.75) is 28.5 Å². The Bertz CT molecular complexity index is 221. The second-order valence-corrected chi connectivity index (χ2v) is 5.98. The van der Waals surface area contributed by atoms with E-state index in [4.69, 9.17) is 0 Å². The normalized spacial score (nSPS) is 46.9. The molecule has 2 aliphatic rings. The van der Waals surface area contributed by atoms with E-state index in [1.165, 1.54) is 0 Å². The van der Waals surface area contributed by atoms with Gasteiger partial charge in [0.25, 0.3) is 0 Å². The molecule has 0 aromatic carbocycles. The number of halogens is 2. The summed E-state index contributed by atoms with van der Waals surface area (Å²) in [5, 5.41) is 0. The monoisotopic (exact) mass is 295 g/mol. The summed E-state index contributed by atoms with van der Waals surface area (Å²) in [6, 6.07) is 0.496. The van der Waals surface area contributed by atoms with Crippen LogP contribution in [0, 0.1) is 5.92 Å². The van der Waals surface area contributed by atoms with E-state index in [0.29, 0.717) is 27.5 Å². The number of hydrogen-bond donors (Lipinski definition) is 0. The molecule has 4 unspecified atom stereocenters. The summed E-state index contributed by atoms with van der Waals surface area (Å²) in [5.74, 6) is 0.622. The zero-order valence-corrected chi connectivity index (χ0v) is 10.0. The van der Waals surface area contributed by atoms with Crippen molar-refractivity contribution in [3.8, 4) is 0 Å². The SMILES string of the molecule is CN1C(=O)C2CC(Br)C(Br)CC21. The Hall–Kier alpha value is 0.430. The molecule has 0 bridgehead atoms. The van der Waals surface area contributed by atoms with Gasteiger partial charge in [-0.25, -0.2) is 0 Å². The number of alkyl halides is 2. The highest BCUT2D eigenvalue weighted by Crippen LogP contribution is 2.42. The van der Waals surface area contributed by atoms with Crippen LogP contribution in [0.3, 0.4) is 0 Å². The number of fused-ring (bicyclic) bond motifs is 1. The molecule has 1 aliphatic carbocycles. The minimum atomic E-state index is 0.299. The van der Waals surface area contributed by atoms with Crippen LogP contribution in [-0.2, 0) is 4.79 Å². The minimum Gasteiger partial charge on any atom is -0.342 e. The van der Waals surface area contributed by atoms with Crippen LogP contribution in [0.15, 0.2) is 0 Å². The molecule has 0 radical (unpaired) electrons. The largest absolute Gasteiger partial charge is 0.342 e. The van der Waals surface area contributed by atoms with Crippen LogP contribution in [0.2, 0.25) is 0 Å². The number of β-lactam (4-membered cyclic amide) rings is 1. The van der Waals surface area contributed by atoms with Crippen LogP contribution in [0.1, 0.15) is 12.8 Å². The third kappa shape index (κ3) is 1.15. The smallest absolute Gasteiger partial charge is 0.227 e. The van der Waals surface area contributed by atoms with E-state index in [2.05, 4.69) is 31.9 Å². The van der Waals surface area contributed by atoms with Crippen molar-refractivity contribution in [2.24, 2.45) is 5.92 Å². The highest BCUT2D eigenvalue weighted by Gasteiger charge is 2.50. The van der Waals surface area contributed by atoms with Gasteiger partial charge in [-0.2, -0.15) is 0 Å². The quantitative estimate of drug-likeness (QED) is 0.493. The van der Waals surface area contributed by atoms with Gasteiger partial charge in [0.2, 0.25) is 5.91 Å². The van der Waals surface area contributed by atoms with Crippen molar-refractivity contribution in [3.63, 3.8) is 0 Å². The molecule has 2 fully saturated rings. The molecule has 0 aromatic heterocycles. The maximum Gasteiger partial charge on any atom is 0.227 e. The number of carbonyl (C=O) groups excluding carboxylic acids is 1. The molecule has 1 saturated heterocycles. The van der Waals surface area contributed by atoms with Crippen molar-refractivity contribution >= 4 is 37.8 Å². The predicted octanol–water partition coefficient (Wildman–Crippen LogP) is 1.76. The maximum absolute atomic E-state index is 11.3. The summed E-state index contributed by atoms with van der Waals surface area (Å²) >= 11 is 7.20. The lowest BCUT2D eigenvalue weighted by Crippen LogP contribution is -2.62. The lowest BCUT2D eigenvalue weighted by Gasteiger charge is -2.50. The zero-order valence-electron chi connectivity index (χ0n) is 6.84. The third-order valence-corrected chi connectivity index (χ3v) is 5.70. The molecule has 12 heavy (non-hydrogen) atoms. The zero-order chi connectivity index (χ0) is 8.88. The Labute approximate surface area is 88.9 Å². The van der Waals surface area contributed by atoms with Gasteiger partial charge in [0, 0.05) is 22.7 Å². The molecule has 0 aromatic rings. The Kier molecular flexibility index (Phi) is 2.24. The fraction of sp³-hybridized carbons (Fsp3) is 0.875. The molecule has 4 heteroatoms. The van der Waals surface area contributed by atoms with E-state index in [9.17, 15) is 4.79 Å². The first kappa shape index (κ1) is 9.00. The van der Waals surface area contributed by atoms with Crippen molar-refractivity contribution < 1.29 is 4.79 Å². The molecule has 1 aliphatic heterocycles. The van der Waals surface area contributed by atoms with Crippen LogP contribution in [0.5, 0.6) is 0 Å². The van der Waals surface area contributed by atoms with Crippen LogP contribution in [0.4, 0.5) is 0 Å². The molecule has 2 rings (SSSR count). The van der Waals surface area contributed by atoms with Crippen LogP contribution in [-0.4, -0.2) is 33.6 Å². The van der Waals surface area contributed by atoms with Gasteiger partial charge in [-0.05, 0) is 12.8 Å². The molecule has 4 atom stereocenters. The first-order chi connectivity index (χ1) is 5.61. The Morgan fingerprint density at radius 1 is 1.33 bits per heavy atom. The van der Waals surface area contributed by atoms with Crippen molar-refractivity contribution in [1.82, 2.24) is 4.90 Å². The topological polar surface area (TPSA) is 20.3 Å². The first-order valence-corrected chi connectivity index (χ1v) is 5.99. The molecule has 0 spiro atoms. The maximum atomic E-state index is 11.3. The van der Waals surface area contributed by atoms with Crippen LogP contribution < -0.4 is 0 Å². The second-order valence-electron chi connectivity index (χ2n) is 3.63. The summed E-state index contributed by atoms with van der Waals surface area (Å²) < 4.78 is 0. The molecule has 1 saturated carbocycles. The number of hydrogen-bond acceptors (Lipinski definition) is 1. The third-order valence-electron chi connectivity index (χ3n) is 2.96. The minimum absolute atomic E-state index is 0.299. The van der Waals surface area contributed by atoms with Gasteiger partial charge in [-0.15, -0.1) is 0 Å². The highest BCUT2D eigenvalue weighted by molar-refractivity contribution is 9.12. The molecule has 68 valence electrons. The Morgan fingerprint density at radius 3 is 2.58 bits per heavy atom. The fourth-order valence-electron chi connectivity index (χ4n) is 2.13. The summed E-state index contributed by atoms with van der Waals surface area (Å²) in [6.07, 6.45) is 2.08. The molecular weight excluding hydrogens is 286 g/mol. The fourth-order valence-corrected chi connectivity index (χ4v) is 3.34. The predicted molar refractivity (Wildman–Crippen MR) is 54.7 cm³/mol. The lowest BCUT2D eigenvalue weighted by molar-refractivity contribution is -0.155. The number of carbonyl (C=O) groups is 1. The number of amides is 1. The van der Waals surface area contributed by atoms with Gasteiger partial charge in [-0.1, -0.05) is 31.9 Å². The average molecular weight is 297 g/mol. The van der Waals surface area contributed by atoms with Crippen LogP contribution in [0.25, 0.3) is 0 Å². The van der Waals surface area contributed by atoms with Crippen molar-refractivity contribution in [2.75, 3.05) is 7.05 Å². The van der Waals surface area contributed by atoms with E-state index >= 15 is 0 Å². The second kappa shape index (κ2) is 2.98. The number of nitrogens with zero attached hydrogens (tertiary/aromatic N) is 1. The van der Waals surface area contributed by atoms with Crippen LogP contribution >= 0.6 is 31.9 Å². The molecule has 0 N–H and O–H groups in total. The average Bonchev–Trinajstić information content (AvgIpc) is 2.08. The number of likely N-dealkylation sites (tertiary alicyclic amines) is 1. The summed E-state index contributed by atoms with van der Waals surface area (Å²) in [5.41, 5.74) is 0. The first-order valence-electron chi connectivity index (χ1n) is 4.16. The van der Waals surface area contributed by atoms with Gasteiger partial charge in [0.05, 0.1) is 5.92 Å². The van der Waals surface area contributed by atoms with Crippen molar-refractivity contribution in [3.05, 3.63) is 0 Å². The lowest BCUT2D eigenvalue weighted by atomic mass is 9.76. The van der Waals surface area contributed by atoms with Gasteiger partial charge < -0.3 is 4.90 Å². The van der Waals surface area contributed by atoms with Gasteiger partial charge >= 0.3 is 0 Å². The number of rotatable bonds is 0. The van der Waals surface area contributed by atoms with E-state index in [-0.39, 0.29) is 0 Å². The summed E-state index contributed by atoms with van der Waals surface area (Å²) in [6.45, 7) is 0. The molecule has 1 heterocycles. The summed E-state index contributed by atoms with van der Waals surface area (Å²) in [7, 11) is 1.90. The van der Waals surface area contributed by atoms with Gasteiger partial charge in [0.1, 0.15) is 0 Å². The van der Waals surface area contributed by atoms with Gasteiger partial charge in [-0.3, -0.25) is 4.79 Å². The van der Waals surface area contributed by atoms with E-state index < -0.39 is 0 Å². The molecule has 2 nitrogen and oxygen atoms in total. The Balaban J connectivity index is 2.07. The molecular formula is C8H11Br2NO. The van der Waals surface area contributed by atoms with E-state index in [0.717, 1.165) is 12.8 Å². The van der Waals surface area contributed by atoms with E-state index in [1.54, 1.807) is 0 Å². The van der Waals surface area contributed by atoms with Gasteiger partial charge in [0.15, 0.2) is 0 Å². The molecule has 1 amide bonds.